The minimum atomic E-state index is -0.331. The van der Waals surface area contributed by atoms with E-state index in [0.29, 0.717) is 38.8 Å². The van der Waals surface area contributed by atoms with Gasteiger partial charge in [0.2, 0.25) is 5.89 Å². The van der Waals surface area contributed by atoms with Crippen molar-refractivity contribution in [2.75, 3.05) is 5.32 Å². The van der Waals surface area contributed by atoms with Gasteiger partial charge in [0.05, 0.1) is 10.6 Å². The number of halogens is 3. The molecule has 0 saturated heterocycles. The van der Waals surface area contributed by atoms with E-state index in [-0.39, 0.29) is 11.7 Å². The summed E-state index contributed by atoms with van der Waals surface area (Å²) in [5.74, 6) is -0.280. The molecule has 1 aromatic heterocycles. The maximum absolute atomic E-state index is 13.1. The Morgan fingerprint density at radius 2 is 1.85 bits per heavy atom. The van der Waals surface area contributed by atoms with E-state index in [0.717, 1.165) is 4.47 Å². The highest BCUT2D eigenvalue weighted by Gasteiger charge is 2.13. The van der Waals surface area contributed by atoms with Crippen LogP contribution in [0.2, 0.25) is 5.02 Å². The quantitative estimate of drug-likeness (QED) is 0.402. The van der Waals surface area contributed by atoms with Gasteiger partial charge in [-0.05, 0) is 60.7 Å². The molecule has 0 aliphatic rings. The number of carbonyl (C=O) groups excluding carboxylic acids is 1. The van der Waals surface area contributed by atoms with Crippen LogP contribution in [-0.4, -0.2) is 10.9 Å². The van der Waals surface area contributed by atoms with Crippen LogP contribution in [0, 0.1) is 5.82 Å². The van der Waals surface area contributed by atoms with Gasteiger partial charge in [-0.25, -0.2) is 9.37 Å². The SMILES string of the molecule is O=C(Nc1ccc2oc(-c3ccc(F)cc3)nc2c1)c1cc(Br)ccc1Cl. The zero-order chi connectivity index (χ0) is 19.0. The summed E-state index contributed by atoms with van der Waals surface area (Å²) in [6.45, 7) is 0. The van der Waals surface area contributed by atoms with Crippen molar-refractivity contribution in [3.05, 3.63) is 81.5 Å². The fraction of sp³-hybridized carbons (Fsp3) is 0. The van der Waals surface area contributed by atoms with Crippen LogP contribution >= 0.6 is 27.5 Å². The maximum Gasteiger partial charge on any atom is 0.257 e. The van der Waals surface area contributed by atoms with Crippen molar-refractivity contribution in [1.82, 2.24) is 4.98 Å². The normalized spacial score (nSPS) is 10.9. The molecule has 0 spiro atoms. The van der Waals surface area contributed by atoms with Gasteiger partial charge in [-0.3, -0.25) is 4.79 Å². The molecule has 134 valence electrons. The second-order valence-corrected chi connectivity index (χ2v) is 7.11. The number of anilines is 1. The lowest BCUT2D eigenvalue weighted by atomic mass is 10.2. The molecule has 4 rings (SSSR count). The van der Waals surface area contributed by atoms with Gasteiger partial charge in [0.25, 0.3) is 5.91 Å². The topological polar surface area (TPSA) is 55.1 Å². The molecule has 1 amide bonds. The first-order valence-electron chi connectivity index (χ1n) is 7.92. The number of aromatic nitrogens is 1. The molecule has 0 bridgehead atoms. The maximum atomic E-state index is 13.1. The number of amides is 1. The van der Waals surface area contributed by atoms with E-state index in [9.17, 15) is 9.18 Å². The molecule has 1 N–H and O–H groups in total. The Morgan fingerprint density at radius 3 is 2.63 bits per heavy atom. The summed E-state index contributed by atoms with van der Waals surface area (Å²) in [6.07, 6.45) is 0. The third-order valence-electron chi connectivity index (χ3n) is 3.91. The lowest BCUT2D eigenvalue weighted by Crippen LogP contribution is -2.12. The Hall–Kier alpha value is -2.70. The Bertz CT molecular complexity index is 1160. The number of benzene rings is 3. The van der Waals surface area contributed by atoms with Crippen molar-refractivity contribution in [2.24, 2.45) is 0 Å². The molecular formula is C20H11BrClFN2O2. The number of hydrogen-bond donors (Lipinski definition) is 1. The van der Waals surface area contributed by atoms with Gasteiger partial charge in [-0.15, -0.1) is 0 Å². The van der Waals surface area contributed by atoms with Gasteiger partial charge < -0.3 is 9.73 Å². The molecule has 3 aromatic carbocycles. The smallest absolute Gasteiger partial charge is 0.257 e. The van der Waals surface area contributed by atoms with E-state index >= 15 is 0 Å². The first kappa shape index (κ1) is 17.7. The molecule has 4 aromatic rings. The van der Waals surface area contributed by atoms with Crippen molar-refractivity contribution in [3.8, 4) is 11.5 Å². The van der Waals surface area contributed by atoms with Crippen LogP contribution in [-0.2, 0) is 0 Å². The van der Waals surface area contributed by atoms with E-state index in [1.54, 1.807) is 48.5 Å². The number of nitrogens with one attached hydrogen (secondary N) is 1. The van der Waals surface area contributed by atoms with Crippen molar-refractivity contribution < 1.29 is 13.6 Å². The first-order chi connectivity index (χ1) is 13.0. The largest absolute Gasteiger partial charge is 0.436 e. The molecule has 1 heterocycles. The van der Waals surface area contributed by atoms with Crippen molar-refractivity contribution in [1.29, 1.82) is 0 Å². The summed E-state index contributed by atoms with van der Waals surface area (Å²) >= 11 is 9.43. The number of oxazole rings is 1. The minimum absolute atomic E-state index is 0.328. The molecule has 27 heavy (non-hydrogen) atoms. The number of carbonyl (C=O) groups is 1. The zero-order valence-electron chi connectivity index (χ0n) is 13.7. The van der Waals surface area contributed by atoms with Gasteiger partial charge in [0.1, 0.15) is 11.3 Å². The van der Waals surface area contributed by atoms with E-state index in [1.165, 1.54) is 12.1 Å². The van der Waals surface area contributed by atoms with Crippen LogP contribution in [0.1, 0.15) is 10.4 Å². The summed E-state index contributed by atoms with van der Waals surface area (Å²) < 4.78 is 19.5. The van der Waals surface area contributed by atoms with Gasteiger partial charge in [0, 0.05) is 15.7 Å². The first-order valence-corrected chi connectivity index (χ1v) is 9.09. The zero-order valence-corrected chi connectivity index (χ0v) is 16.0. The summed E-state index contributed by atoms with van der Waals surface area (Å²) in [4.78, 5) is 16.9. The van der Waals surface area contributed by atoms with Crippen molar-refractivity contribution in [3.63, 3.8) is 0 Å². The molecule has 0 aliphatic carbocycles. The van der Waals surface area contributed by atoms with E-state index in [1.807, 2.05) is 0 Å². The van der Waals surface area contributed by atoms with E-state index < -0.39 is 0 Å². The van der Waals surface area contributed by atoms with Crippen LogP contribution < -0.4 is 5.32 Å². The van der Waals surface area contributed by atoms with Crippen LogP contribution in [0.4, 0.5) is 10.1 Å². The number of hydrogen-bond acceptors (Lipinski definition) is 3. The Labute approximate surface area is 167 Å². The Kier molecular flexibility index (Phi) is 4.68. The molecule has 0 unspecified atom stereocenters. The fourth-order valence-electron chi connectivity index (χ4n) is 2.59. The van der Waals surface area contributed by atoms with E-state index in [4.69, 9.17) is 16.0 Å². The van der Waals surface area contributed by atoms with E-state index in [2.05, 4.69) is 26.2 Å². The van der Waals surface area contributed by atoms with Gasteiger partial charge in [0.15, 0.2) is 5.58 Å². The summed E-state index contributed by atoms with van der Waals surface area (Å²) in [7, 11) is 0. The molecule has 4 nitrogen and oxygen atoms in total. The van der Waals surface area contributed by atoms with Gasteiger partial charge >= 0.3 is 0 Å². The highest BCUT2D eigenvalue weighted by molar-refractivity contribution is 9.10. The van der Waals surface area contributed by atoms with Crippen LogP contribution in [0.5, 0.6) is 0 Å². The average Bonchev–Trinajstić information content (AvgIpc) is 3.07. The average molecular weight is 446 g/mol. The number of rotatable bonds is 3. The summed E-state index contributed by atoms with van der Waals surface area (Å²) in [5, 5.41) is 3.16. The number of nitrogens with zero attached hydrogens (tertiary/aromatic N) is 1. The second-order valence-electron chi connectivity index (χ2n) is 5.79. The van der Waals surface area contributed by atoms with Crippen molar-refractivity contribution in [2.45, 2.75) is 0 Å². The van der Waals surface area contributed by atoms with Crippen LogP contribution in [0.15, 0.2) is 69.6 Å². The van der Waals surface area contributed by atoms with Crippen LogP contribution in [0.3, 0.4) is 0 Å². The fourth-order valence-corrected chi connectivity index (χ4v) is 3.16. The third kappa shape index (κ3) is 3.72. The molecule has 0 aliphatic heterocycles. The second kappa shape index (κ2) is 7.13. The standard InChI is InChI=1S/C20H11BrClFN2O2/c21-12-3-7-16(22)15(9-12)19(26)24-14-6-8-18-17(10-14)25-20(27-18)11-1-4-13(23)5-2-11/h1-10H,(H,24,26). The molecule has 7 heteroatoms. The molecule has 0 atom stereocenters. The molecule has 0 radical (unpaired) electrons. The highest BCUT2D eigenvalue weighted by atomic mass is 79.9. The predicted molar refractivity (Wildman–Crippen MR) is 107 cm³/mol. The molecule has 0 saturated carbocycles. The van der Waals surface area contributed by atoms with Crippen LogP contribution in [0.25, 0.3) is 22.6 Å². The summed E-state index contributed by atoms with van der Waals surface area (Å²) in [5.41, 5.74) is 2.72. The number of fused-ring (bicyclic) bond motifs is 1. The molecular weight excluding hydrogens is 435 g/mol. The lowest BCUT2D eigenvalue weighted by molar-refractivity contribution is 0.102. The monoisotopic (exact) mass is 444 g/mol. The van der Waals surface area contributed by atoms with Gasteiger partial charge in [-0.2, -0.15) is 0 Å². The van der Waals surface area contributed by atoms with Crippen molar-refractivity contribution >= 4 is 50.2 Å². The minimum Gasteiger partial charge on any atom is -0.436 e. The Morgan fingerprint density at radius 1 is 1.07 bits per heavy atom. The van der Waals surface area contributed by atoms with Gasteiger partial charge in [-0.1, -0.05) is 27.5 Å². The third-order valence-corrected chi connectivity index (χ3v) is 4.73. The highest BCUT2D eigenvalue weighted by Crippen LogP contribution is 2.27. The Balaban J connectivity index is 1.62. The summed E-state index contributed by atoms with van der Waals surface area (Å²) in [6, 6.07) is 16.1. The lowest BCUT2D eigenvalue weighted by Gasteiger charge is -2.07. The predicted octanol–water partition coefficient (Wildman–Crippen LogP) is 6.30. The molecule has 0 fully saturated rings.